The van der Waals surface area contributed by atoms with E-state index in [0.717, 1.165) is 0 Å². The molecule has 0 heterocycles. The van der Waals surface area contributed by atoms with Gasteiger partial charge in [-0.15, -0.1) is 0 Å². The van der Waals surface area contributed by atoms with E-state index >= 15 is 0 Å². The van der Waals surface area contributed by atoms with Gasteiger partial charge >= 0.3 is 36.2 Å². The van der Waals surface area contributed by atoms with Crippen LogP contribution in [0.2, 0.25) is 0 Å². The smallest absolute Gasteiger partial charge is 0.406 e. The van der Waals surface area contributed by atoms with Gasteiger partial charge < -0.3 is 96.4 Å². The van der Waals surface area contributed by atoms with Gasteiger partial charge in [0.2, 0.25) is 11.8 Å². The van der Waals surface area contributed by atoms with Gasteiger partial charge in [-0.3, -0.25) is 28.8 Å². The standard InChI is InChI=1S/C3H8N2O.3C3H7NO2.3C3H7NOS.2C3H7NO.2C3H6O2.C3H6O.C2H7N.C2H6O/c1-4-3(6)5-2;5*1-4-3(5)6-2;1-4-3(6)5-2;2*1-3(5)4-2;2*1-3(4)5-2;1-3(2)4;2*1-3-2/h1-2H3,(H2,4,5,6);5*1-2H3,(H,4,5);1-2H3,(H,4,6);2*1-2H3,(H,4,5);2*1-2H3;1-2H3;3H,1-2H3;1-2H3. The zero-order valence-electron chi connectivity index (χ0n) is 48.1. The van der Waals surface area contributed by atoms with Gasteiger partial charge in [0.1, 0.15) is 5.78 Å². The van der Waals surface area contributed by atoms with Crippen molar-refractivity contribution in [3.05, 3.63) is 0 Å². The van der Waals surface area contributed by atoms with Gasteiger partial charge in [-0.25, -0.2) is 19.2 Å². The SMILES string of the molecule is CC(C)=O.CNC.CNC(=O)NC.CNC(=O)OC.CNC(=O)OC.CNC(=O)OC.CNC(=O)SC.CNC(=O)SC.CNC(=S)OC.CNC(C)=O.CNC(C)=O.COC.COC(C)=O.COC(C)=O. The minimum Gasteiger partial charge on any atom is -0.474 e. The number of alkyl carbamates (subject to hydrolysis) is 3. The number of methoxy groups -OCH3 is 7. The molecule has 0 radical (unpaired) electrons. The normalized spacial score (nSPS) is 6.94. The van der Waals surface area contributed by atoms with Gasteiger partial charge in [0, 0.05) is 112 Å². The Balaban J connectivity index is -0.0000000421. The summed E-state index contributed by atoms with van der Waals surface area (Å²) < 4.78 is 29.4. The summed E-state index contributed by atoms with van der Waals surface area (Å²) in [5.41, 5.74) is 0. The van der Waals surface area contributed by atoms with Crippen molar-refractivity contribution < 1.29 is 85.9 Å². The molecule has 0 aromatic rings. The molecule has 0 saturated carbocycles. The molecule has 436 valence electrons. The number of Topliss-reactive ketones (excluding diaryl/α,β-unsaturated/α-hetero) is 1. The van der Waals surface area contributed by atoms with Gasteiger partial charge in [0.15, 0.2) is 0 Å². The predicted molar refractivity (Wildman–Crippen MR) is 292 cm³/mol. The number of hydrogen-bond acceptors (Lipinski definition) is 22. The van der Waals surface area contributed by atoms with Crippen LogP contribution in [0, 0.1) is 0 Å². The number of hydrogen-bond donors (Lipinski definition) is 11. The Morgan fingerprint density at radius 3 is 0.528 bits per heavy atom. The third kappa shape index (κ3) is 283. The summed E-state index contributed by atoms with van der Waals surface area (Å²) in [5, 5.41) is 27.0. The molecular weight excluding hydrogens is 1020 g/mol. The number of rotatable bonds is 0. The number of ketones is 1. The predicted octanol–water partition coefficient (Wildman–Crippen LogP) is 1.53. The van der Waals surface area contributed by atoms with E-state index in [1.54, 1.807) is 76.1 Å². The Kier molecular flexibility index (Phi) is 152. The third-order valence-electron chi connectivity index (χ3n) is 4.07. The van der Waals surface area contributed by atoms with Crippen LogP contribution in [-0.4, -0.2) is 223 Å². The van der Waals surface area contributed by atoms with Crippen LogP contribution in [0.15, 0.2) is 0 Å². The molecule has 11 N–H and O–H groups in total. The minimum atomic E-state index is -0.407. The first-order valence-corrected chi connectivity index (χ1v) is 22.5. The number of amides is 9. The van der Waals surface area contributed by atoms with Crippen molar-refractivity contribution in [1.82, 2.24) is 58.5 Å². The van der Waals surface area contributed by atoms with E-state index < -0.39 is 18.3 Å². The third-order valence-corrected chi connectivity index (χ3v) is 5.59. The molecule has 0 spiro atoms. The molecule has 0 rings (SSSR count). The van der Waals surface area contributed by atoms with Gasteiger partial charge in [-0.2, -0.15) is 0 Å². The second-order valence-corrected chi connectivity index (χ2v) is 12.0. The largest absolute Gasteiger partial charge is 0.474 e. The van der Waals surface area contributed by atoms with Crippen LogP contribution >= 0.6 is 35.7 Å². The maximum Gasteiger partial charge on any atom is 0.406 e. The Morgan fingerprint density at radius 2 is 0.528 bits per heavy atom. The fraction of sp³-hybridized carbons (Fsp3) is 0.700. The number of esters is 2. The number of thiocarbonyl (C=S) groups is 1. The summed E-state index contributed by atoms with van der Waals surface area (Å²) in [6.45, 7) is 8.72. The number of thioether (sulfide) groups is 2. The van der Waals surface area contributed by atoms with E-state index in [9.17, 15) is 52.7 Å². The van der Waals surface area contributed by atoms with Crippen molar-refractivity contribution in [2.45, 2.75) is 41.5 Å². The quantitative estimate of drug-likeness (QED) is 0.0931. The minimum absolute atomic E-state index is 0.00463. The number of carbonyl (C=O) groups is 11. The zero-order chi connectivity index (χ0) is 61.1. The van der Waals surface area contributed by atoms with Crippen LogP contribution in [0.3, 0.4) is 0 Å². The highest BCUT2D eigenvalue weighted by molar-refractivity contribution is 8.13. The molecular formula is C40H95N11O18S3. The fourth-order valence-corrected chi connectivity index (χ4v) is 1.15. The molecule has 0 bridgehead atoms. The van der Waals surface area contributed by atoms with Crippen LogP contribution in [0.25, 0.3) is 0 Å². The molecule has 0 aliphatic heterocycles. The van der Waals surface area contributed by atoms with Crippen LogP contribution in [0.5, 0.6) is 0 Å². The average molecular weight is 1110 g/mol. The molecule has 0 saturated heterocycles. The van der Waals surface area contributed by atoms with E-state index in [4.69, 9.17) is 0 Å². The van der Waals surface area contributed by atoms with Crippen molar-refractivity contribution in [2.24, 2.45) is 0 Å². The first-order valence-electron chi connectivity index (χ1n) is 19.7. The number of nitrogens with one attached hydrogen (secondary N) is 11. The van der Waals surface area contributed by atoms with E-state index in [1.165, 1.54) is 129 Å². The topological polar surface area (TPSA) is 385 Å². The second kappa shape index (κ2) is 106. The van der Waals surface area contributed by atoms with Gasteiger partial charge in [-0.05, 0) is 52.7 Å². The summed E-state index contributed by atoms with van der Waals surface area (Å²) in [7, 11) is 31.0. The number of urea groups is 1. The van der Waals surface area contributed by atoms with E-state index in [2.05, 4.69) is 104 Å². The number of ether oxygens (including phenoxy) is 7. The summed E-state index contributed by atoms with van der Waals surface area (Å²) >= 11 is 6.87. The maximum absolute atomic E-state index is 10.0. The molecule has 0 atom stereocenters. The molecule has 0 aliphatic rings. The molecule has 0 fully saturated rings. The molecule has 0 unspecified atom stereocenters. The monoisotopic (exact) mass is 1110 g/mol. The van der Waals surface area contributed by atoms with E-state index in [0.29, 0.717) is 5.17 Å². The van der Waals surface area contributed by atoms with Crippen LogP contribution < -0.4 is 58.5 Å². The van der Waals surface area contributed by atoms with Crippen molar-refractivity contribution in [2.75, 3.05) is 154 Å². The Hall–Kier alpha value is -6.12. The lowest BCUT2D eigenvalue weighted by Gasteiger charge is -1.95. The first kappa shape index (κ1) is 103. The van der Waals surface area contributed by atoms with E-state index in [1.807, 2.05) is 14.1 Å². The van der Waals surface area contributed by atoms with Crippen LogP contribution in [0.4, 0.5) is 28.8 Å². The lowest BCUT2D eigenvalue weighted by atomic mass is 10.6. The highest BCUT2D eigenvalue weighted by atomic mass is 32.2. The summed E-state index contributed by atoms with van der Waals surface area (Å²) in [6, 6.07) is -0.157. The molecule has 0 aromatic carbocycles. The number of carbonyl (C=O) groups excluding carboxylic acids is 11. The van der Waals surface area contributed by atoms with Gasteiger partial charge in [0.05, 0.1) is 42.7 Å². The lowest BCUT2D eigenvalue weighted by Crippen LogP contribution is -2.28. The molecule has 32 heteroatoms. The summed E-state index contributed by atoms with van der Waals surface area (Å²) in [5.74, 6) is -0.315. The Morgan fingerprint density at radius 1 is 0.347 bits per heavy atom. The molecule has 72 heavy (non-hydrogen) atoms. The van der Waals surface area contributed by atoms with Gasteiger partial charge in [-0.1, -0.05) is 23.5 Å². The highest BCUT2D eigenvalue weighted by Crippen LogP contribution is 1.89. The van der Waals surface area contributed by atoms with Crippen LogP contribution in [-0.2, 0) is 57.1 Å². The average Bonchev–Trinajstić information content (AvgIpc) is 3.38. The van der Waals surface area contributed by atoms with Crippen molar-refractivity contribution in [1.29, 1.82) is 0 Å². The highest BCUT2D eigenvalue weighted by Gasteiger charge is 1.88. The van der Waals surface area contributed by atoms with Gasteiger partial charge in [0.25, 0.3) is 15.7 Å². The van der Waals surface area contributed by atoms with Crippen LogP contribution in [0.1, 0.15) is 41.5 Å². The molecule has 0 aromatic heterocycles. The summed E-state index contributed by atoms with van der Waals surface area (Å²) in [6.07, 6.45) is 2.25. The second-order valence-electron chi connectivity index (χ2n) is 10.1. The lowest BCUT2D eigenvalue weighted by molar-refractivity contribution is -0.138. The first-order chi connectivity index (χ1) is 33.3. The zero-order valence-corrected chi connectivity index (χ0v) is 50.5. The maximum atomic E-state index is 10.0. The van der Waals surface area contributed by atoms with Crippen molar-refractivity contribution in [3.8, 4) is 0 Å². The summed E-state index contributed by atoms with van der Waals surface area (Å²) in [4.78, 5) is 108. The molecule has 9 amide bonds. The fourth-order valence-electron chi connectivity index (χ4n) is 0.737. The Bertz CT molecular complexity index is 1000. The van der Waals surface area contributed by atoms with Crippen molar-refractivity contribution in [3.63, 3.8) is 0 Å². The Labute approximate surface area is 443 Å². The molecule has 0 aliphatic carbocycles. The van der Waals surface area contributed by atoms with Crippen molar-refractivity contribution >= 4 is 105 Å². The molecule has 29 nitrogen and oxygen atoms in total. The van der Waals surface area contributed by atoms with E-state index in [-0.39, 0.29) is 46.0 Å².